The first kappa shape index (κ1) is 10.4. The normalized spacial score (nSPS) is 11.1. The minimum Gasteiger partial charge on any atom is -0.411 e. The fraction of sp³-hybridized carbons (Fsp3) is 0.0769. The van der Waals surface area contributed by atoms with E-state index in [9.17, 15) is 4.79 Å². The van der Waals surface area contributed by atoms with Gasteiger partial charge in [-0.15, -0.1) is 0 Å². The van der Waals surface area contributed by atoms with Crippen molar-refractivity contribution in [2.24, 2.45) is 5.16 Å². The molecule has 16 heavy (non-hydrogen) atoms. The number of rotatable bonds is 2. The van der Waals surface area contributed by atoms with Crippen LogP contribution in [0.25, 0.3) is 10.8 Å². The number of fused-ring (bicyclic) bond motifs is 1. The Morgan fingerprint density at radius 3 is 2.50 bits per heavy atom. The minimum absolute atomic E-state index is 0.0312. The first-order valence-electron chi connectivity index (χ1n) is 4.94. The molecule has 80 valence electrons. The molecule has 0 aromatic heterocycles. The zero-order valence-corrected chi connectivity index (χ0v) is 8.84. The Balaban J connectivity index is 2.82. The summed E-state index contributed by atoms with van der Waals surface area (Å²) in [4.78, 5) is 11.4. The molecular formula is C13H11NO2. The van der Waals surface area contributed by atoms with Crippen LogP contribution in [-0.2, 0) is 0 Å². The number of ketones is 1. The van der Waals surface area contributed by atoms with E-state index in [2.05, 4.69) is 5.16 Å². The standard InChI is InChI=1S/C13H11NO2/c1-9(15)11-7-6-10(8-14-16)12-4-2-3-5-13(11)12/h2-8,16H,1H3/b14-8+. The molecule has 0 bridgehead atoms. The van der Waals surface area contributed by atoms with Crippen LogP contribution in [0.4, 0.5) is 0 Å². The van der Waals surface area contributed by atoms with E-state index in [1.165, 1.54) is 6.21 Å². The van der Waals surface area contributed by atoms with Crippen LogP contribution in [0, 0.1) is 0 Å². The Bertz CT molecular complexity index is 573. The van der Waals surface area contributed by atoms with Crippen LogP contribution in [0.3, 0.4) is 0 Å². The highest BCUT2D eigenvalue weighted by Gasteiger charge is 2.07. The summed E-state index contributed by atoms with van der Waals surface area (Å²) in [5.74, 6) is 0.0312. The van der Waals surface area contributed by atoms with Crippen molar-refractivity contribution in [2.45, 2.75) is 6.92 Å². The molecular weight excluding hydrogens is 202 g/mol. The second-order valence-electron chi connectivity index (χ2n) is 3.55. The van der Waals surface area contributed by atoms with Crippen LogP contribution in [0.15, 0.2) is 41.6 Å². The van der Waals surface area contributed by atoms with Gasteiger partial charge in [-0.2, -0.15) is 0 Å². The van der Waals surface area contributed by atoms with Crippen LogP contribution in [0.1, 0.15) is 22.8 Å². The smallest absolute Gasteiger partial charge is 0.160 e. The van der Waals surface area contributed by atoms with E-state index in [-0.39, 0.29) is 5.78 Å². The summed E-state index contributed by atoms with van der Waals surface area (Å²) in [6, 6.07) is 11.1. The highest BCUT2D eigenvalue weighted by Crippen LogP contribution is 2.22. The highest BCUT2D eigenvalue weighted by molar-refractivity contribution is 6.11. The first-order chi connectivity index (χ1) is 7.74. The number of benzene rings is 2. The maximum Gasteiger partial charge on any atom is 0.160 e. The largest absolute Gasteiger partial charge is 0.411 e. The molecule has 1 N–H and O–H groups in total. The number of carbonyl (C=O) groups excluding carboxylic acids is 1. The molecule has 0 radical (unpaired) electrons. The molecule has 0 aliphatic heterocycles. The van der Waals surface area contributed by atoms with Crippen LogP contribution in [-0.4, -0.2) is 17.2 Å². The van der Waals surface area contributed by atoms with Gasteiger partial charge in [0.15, 0.2) is 5.78 Å². The summed E-state index contributed by atoms with van der Waals surface area (Å²) in [6.45, 7) is 1.54. The number of oxime groups is 1. The third-order valence-electron chi connectivity index (χ3n) is 2.53. The average molecular weight is 213 g/mol. The van der Waals surface area contributed by atoms with Crippen molar-refractivity contribution in [3.05, 3.63) is 47.5 Å². The maximum absolute atomic E-state index is 11.4. The van der Waals surface area contributed by atoms with E-state index in [0.717, 1.165) is 16.3 Å². The van der Waals surface area contributed by atoms with E-state index in [1.807, 2.05) is 24.3 Å². The van der Waals surface area contributed by atoms with Crippen LogP contribution in [0.5, 0.6) is 0 Å². The second kappa shape index (κ2) is 4.14. The van der Waals surface area contributed by atoms with Gasteiger partial charge in [-0.05, 0) is 17.7 Å². The van der Waals surface area contributed by atoms with E-state index in [0.29, 0.717) is 5.56 Å². The van der Waals surface area contributed by atoms with Crippen molar-refractivity contribution in [3.63, 3.8) is 0 Å². The molecule has 0 heterocycles. The molecule has 0 aliphatic carbocycles. The zero-order chi connectivity index (χ0) is 11.5. The molecule has 3 heteroatoms. The van der Waals surface area contributed by atoms with Gasteiger partial charge in [-0.25, -0.2) is 0 Å². The maximum atomic E-state index is 11.4. The molecule has 0 atom stereocenters. The van der Waals surface area contributed by atoms with E-state index < -0.39 is 0 Å². The molecule has 0 amide bonds. The highest BCUT2D eigenvalue weighted by atomic mass is 16.4. The third kappa shape index (κ3) is 1.67. The van der Waals surface area contributed by atoms with Gasteiger partial charge in [0, 0.05) is 11.1 Å². The molecule has 0 unspecified atom stereocenters. The summed E-state index contributed by atoms with van der Waals surface area (Å²) in [5, 5.41) is 13.4. The van der Waals surface area contributed by atoms with Gasteiger partial charge >= 0.3 is 0 Å². The van der Waals surface area contributed by atoms with E-state index in [1.54, 1.807) is 19.1 Å². The zero-order valence-electron chi connectivity index (χ0n) is 8.84. The summed E-state index contributed by atoms with van der Waals surface area (Å²) in [5.41, 5.74) is 1.48. The molecule has 0 aliphatic rings. The van der Waals surface area contributed by atoms with Crippen LogP contribution < -0.4 is 0 Å². The van der Waals surface area contributed by atoms with Crippen molar-refractivity contribution in [1.82, 2.24) is 0 Å². The fourth-order valence-electron chi connectivity index (χ4n) is 1.80. The van der Waals surface area contributed by atoms with E-state index in [4.69, 9.17) is 5.21 Å². The molecule has 0 spiro atoms. The summed E-state index contributed by atoms with van der Waals surface area (Å²) in [6.07, 6.45) is 1.37. The third-order valence-corrected chi connectivity index (χ3v) is 2.53. The Labute approximate surface area is 93.0 Å². The van der Waals surface area contributed by atoms with Gasteiger partial charge in [-0.3, -0.25) is 4.79 Å². The number of nitrogens with zero attached hydrogens (tertiary/aromatic N) is 1. The number of carbonyl (C=O) groups is 1. The van der Waals surface area contributed by atoms with Crippen LogP contribution in [0.2, 0.25) is 0 Å². The fourth-order valence-corrected chi connectivity index (χ4v) is 1.80. The van der Waals surface area contributed by atoms with Crippen LogP contribution >= 0.6 is 0 Å². The predicted molar refractivity (Wildman–Crippen MR) is 63.3 cm³/mol. The van der Waals surface area contributed by atoms with Gasteiger partial charge in [0.05, 0.1) is 6.21 Å². The Morgan fingerprint density at radius 2 is 1.88 bits per heavy atom. The number of hydrogen-bond donors (Lipinski definition) is 1. The summed E-state index contributed by atoms with van der Waals surface area (Å²) < 4.78 is 0. The minimum atomic E-state index is 0.0312. The quantitative estimate of drug-likeness (QED) is 0.361. The lowest BCUT2D eigenvalue weighted by Gasteiger charge is -2.05. The van der Waals surface area contributed by atoms with Gasteiger partial charge in [0.1, 0.15) is 0 Å². The molecule has 0 saturated heterocycles. The SMILES string of the molecule is CC(=O)c1ccc(/C=N/O)c2ccccc12. The number of hydrogen-bond acceptors (Lipinski definition) is 3. The van der Waals surface area contributed by atoms with Gasteiger partial charge in [0.25, 0.3) is 0 Å². The average Bonchev–Trinajstić information content (AvgIpc) is 2.29. The van der Waals surface area contributed by atoms with Crippen molar-refractivity contribution in [3.8, 4) is 0 Å². The van der Waals surface area contributed by atoms with Crippen molar-refractivity contribution in [1.29, 1.82) is 0 Å². The second-order valence-corrected chi connectivity index (χ2v) is 3.55. The molecule has 2 aromatic carbocycles. The van der Waals surface area contributed by atoms with Crippen molar-refractivity contribution >= 4 is 22.8 Å². The molecule has 2 rings (SSSR count). The summed E-state index contributed by atoms with van der Waals surface area (Å²) in [7, 11) is 0. The van der Waals surface area contributed by atoms with E-state index >= 15 is 0 Å². The lowest BCUT2D eigenvalue weighted by Crippen LogP contribution is -1.95. The topological polar surface area (TPSA) is 49.7 Å². The lowest BCUT2D eigenvalue weighted by atomic mass is 9.98. The molecule has 0 fully saturated rings. The Kier molecular flexibility index (Phi) is 2.68. The Morgan fingerprint density at radius 1 is 1.19 bits per heavy atom. The lowest BCUT2D eigenvalue weighted by molar-refractivity contribution is 0.101. The first-order valence-corrected chi connectivity index (χ1v) is 4.94. The molecule has 2 aromatic rings. The number of Topliss-reactive ketones (excluding diaryl/α,β-unsaturated/α-hetero) is 1. The van der Waals surface area contributed by atoms with Crippen molar-refractivity contribution < 1.29 is 10.0 Å². The van der Waals surface area contributed by atoms with Gasteiger partial charge < -0.3 is 5.21 Å². The van der Waals surface area contributed by atoms with Crippen molar-refractivity contribution in [2.75, 3.05) is 0 Å². The van der Waals surface area contributed by atoms with Gasteiger partial charge in [-0.1, -0.05) is 41.6 Å². The Hall–Kier alpha value is -2.16. The predicted octanol–water partition coefficient (Wildman–Crippen LogP) is 2.85. The summed E-state index contributed by atoms with van der Waals surface area (Å²) >= 11 is 0. The van der Waals surface area contributed by atoms with Gasteiger partial charge in [0.2, 0.25) is 0 Å². The molecule has 0 saturated carbocycles. The monoisotopic (exact) mass is 213 g/mol. The molecule has 3 nitrogen and oxygen atoms in total.